The molecule has 0 saturated carbocycles. The Bertz CT molecular complexity index is 1140. The molecule has 27 heavy (non-hydrogen) atoms. The molecule has 0 aliphatic heterocycles. The van der Waals surface area contributed by atoms with Crippen molar-refractivity contribution in [2.24, 2.45) is 0 Å². The van der Waals surface area contributed by atoms with Crippen LogP contribution in [0.15, 0.2) is 82.0 Å². The Balaban J connectivity index is 1.94. The molecule has 0 amide bonds. The fourth-order valence-electron chi connectivity index (χ4n) is 3.08. The highest BCUT2D eigenvalue weighted by Gasteiger charge is 2.16. The Morgan fingerprint density at radius 2 is 1.59 bits per heavy atom. The summed E-state index contributed by atoms with van der Waals surface area (Å²) in [5, 5.41) is 4.27. The molecule has 1 heterocycles. The third-order valence-electron chi connectivity index (χ3n) is 4.51. The van der Waals surface area contributed by atoms with Gasteiger partial charge in [0, 0.05) is 11.1 Å². The fraction of sp³-hybridized carbons (Fsp3) is 0.0870. The Hall–Kier alpha value is -3.53. The zero-order valence-corrected chi connectivity index (χ0v) is 15.2. The second-order valence-electron chi connectivity index (χ2n) is 6.36. The molecule has 0 bridgehead atoms. The van der Waals surface area contributed by atoms with Crippen molar-refractivity contribution in [2.75, 3.05) is 12.4 Å². The fourth-order valence-corrected chi connectivity index (χ4v) is 3.08. The number of ether oxygens (including phenoxy) is 1. The lowest BCUT2D eigenvalue weighted by Crippen LogP contribution is -2.08. The highest BCUT2D eigenvalue weighted by molar-refractivity contribution is 5.99. The summed E-state index contributed by atoms with van der Waals surface area (Å²) in [7, 11) is 1.61. The Kier molecular flexibility index (Phi) is 4.38. The molecule has 134 valence electrons. The SMILES string of the molecule is COc1ccc(-c2c(Nc3ccc(C)cc3)c3ccccc3oc2=O)cc1. The topological polar surface area (TPSA) is 51.5 Å². The maximum atomic E-state index is 12.8. The number of methoxy groups -OCH3 is 1. The highest BCUT2D eigenvalue weighted by atomic mass is 16.5. The third kappa shape index (κ3) is 3.29. The van der Waals surface area contributed by atoms with Gasteiger partial charge in [0.25, 0.3) is 0 Å². The number of rotatable bonds is 4. The minimum atomic E-state index is -0.381. The van der Waals surface area contributed by atoms with Crippen LogP contribution in [0.5, 0.6) is 5.75 Å². The lowest BCUT2D eigenvalue weighted by molar-refractivity contribution is 0.415. The molecule has 0 aliphatic rings. The van der Waals surface area contributed by atoms with Crippen LogP contribution in [0.1, 0.15) is 5.56 Å². The summed E-state index contributed by atoms with van der Waals surface area (Å²) < 4.78 is 10.8. The number of anilines is 2. The van der Waals surface area contributed by atoms with E-state index in [2.05, 4.69) is 5.32 Å². The molecule has 0 spiro atoms. The summed E-state index contributed by atoms with van der Waals surface area (Å²) in [4.78, 5) is 12.8. The van der Waals surface area contributed by atoms with Crippen LogP contribution in [0.25, 0.3) is 22.1 Å². The molecule has 4 rings (SSSR count). The Morgan fingerprint density at radius 3 is 2.30 bits per heavy atom. The van der Waals surface area contributed by atoms with Crippen molar-refractivity contribution in [3.63, 3.8) is 0 Å². The van der Waals surface area contributed by atoms with Gasteiger partial charge in [-0.15, -0.1) is 0 Å². The summed E-state index contributed by atoms with van der Waals surface area (Å²) >= 11 is 0. The summed E-state index contributed by atoms with van der Waals surface area (Å²) in [5.41, 5.74) is 4.25. The molecule has 0 atom stereocenters. The van der Waals surface area contributed by atoms with Crippen LogP contribution in [0.4, 0.5) is 11.4 Å². The van der Waals surface area contributed by atoms with Crippen LogP contribution in [0.2, 0.25) is 0 Å². The van der Waals surface area contributed by atoms with Crippen LogP contribution >= 0.6 is 0 Å². The molecule has 3 aromatic carbocycles. The molecular formula is C23H19NO3. The van der Waals surface area contributed by atoms with E-state index in [1.54, 1.807) is 13.2 Å². The molecule has 4 aromatic rings. The van der Waals surface area contributed by atoms with Crippen LogP contribution in [-0.2, 0) is 0 Å². The van der Waals surface area contributed by atoms with Crippen molar-refractivity contribution >= 4 is 22.3 Å². The van der Waals surface area contributed by atoms with Crippen molar-refractivity contribution in [3.8, 4) is 16.9 Å². The van der Waals surface area contributed by atoms with Crippen molar-refractivity contribution in [1.82, 2.24) is 0 Å². The summed E-state index contributed by atoms with van der Waals surface area (Å²) in [6.45, 7) is 2.04. The number of hydrogen-bond donors (Lipinski definition) is 1. The smallest absolute Gasteiger partial charge is 0.346 e. The highest BCUT2D eigenvalue weighted by Crippen LogP contribution is 2.34. The second kappa shape index (κ2) is 7.00. The van der Waals surface area contributed by atoms with E-state index in [9.17, 15) is 4.79 Å². The van der Waals surface area contributed by atoms with Gasteiger partial charge in [-0.1, -0.05) is 42.0 Å². The van der Waals surface area contributed by atoms with Gasteiger partial charge in [0.05, 0.1) is 18.4 Å². The van der Waals surface area contributed by atoms with Crippen LogP contribution < -0.4 is 15.7 Å². The van der Waals surface area contributed by atoms with E-state index in [-0.39, 0.29) is 5.63 Å². The average Bonchev–Trinajstić information content (AvgIpc) is 2.70. The lowest BCUT2D eigenvalue weighted by Gasteiger charge is -2.14. The predicted octanol–water partition coefficient (Wildman–Crippen LogP) is 5.52. The maximum absolute atomic E-state index is 12.8. The van der Waals surface area contributed by atoms with Crippen molar-refractivity contribution in [1.29, 1.82) is 0 Å². The van der Waals surface area contributed by atoms with Gasteiger partial charge in [-0.05, 0) is 48.9 Å². The first kappa shape index (κ1) is 16.9. The van der Waals surface area contributed by atoms with Gasteiger partial charge < -0.3 is 14.5 Å². The Labute approximate surface area is 157 Å². The Morgan fingerprint density at radius 1 is 0.889 bits per heavy atom. The monoisotopic (exact) mass is 357 g/mol. The number of para-hydroxylation sites is 1. The number of hydrogen-bond acceptors (Lipinski definition) is 4. The number of nitrogens with one attached hydrogen (secondary N) is 1. The predicted molar refractivity (Wildman–Crippen MR) is 109 cm³/mol. The molecule has 1 N–H and O–H groups in total. The molecule has 4 heteroatoms. The molecular weight excluding hydrogens is 338 g/mol. The maximum Gasteiger partial charge on any atom is 0.346 e. The molecule has 0 radical (unpaired) electrons. The minimum absolute atomic E-state index is 0.381. The third-order valence-corrected chi connectivity index (χ3v) is 4.51. The molecule has 0 aliphatic carbocycles. The number of aryl methyl sites for hydroxylation is 1. The zero-order valence-electron chi connectivity index (χ0n) is 15.2. The second-order valence-corrected chi connectivity index (χ2v) is 6.36. The van der Waals surface area contributed by atoms with Gasteiger partial charge >= 0.3 is 5.63 Å². The van der Waals surface area contributed by atoms with Crippen LogP contribution in [0, 0.1) is 6.92 Å². The van der Waals surface area contributed by atoms with Gasteiger partial charge in [-0.3, -0.25) is 0 Å². The quantitative estimate of drug-likeness (QED) is 0.489. The van der Waals surface area contributed by atoms with Gasteiger partial charge in [0.2, 0.25) is 0 Å². The van der Waals surface area contributed by atoms with Gasteiger partial charge in [-0.25, -0.2) is 4.79 Å². The van der Waals surface area contributed by atoms with Crippen LogP contribution in [0.3, 0.4) is 0 Å². The molecule has 0 unspecified atom stereocenters. The van der Waals surface area contributed by atoms with E-state index in [0.717, 1.165) is 28.1 Å². The summed E-state index contributed by atoms with van der Waals surface area (Å²) in [6, 6.07) is 23.0. The standard InChI is InChI=1S/C23H19NO3/c1-15-7-11-17(12-8-15)24-22-19-5-3-4-6-20(19)27-23(25)21(22)16-9-13-18(26-2)14-10-16/h3-14,24H,1-2H3. The van der Waals surface area contributed by atoms with Gasteiger partial charge in [-0.2, -0.15) is 0 Å². The average molecular weight is 357 g/mol. The first-order chi connectivity index (χ1) is 13.2. The van der Waals surface area contributed by atoms with E-state index in [1.807, 2.05) is 73.7 Å². The normalized spacial score (nSPS) is 10.7. The molecule has 1 aromatic heterocycles. The molecule has 4 nitrogen and oxygen atoms in total. The van der Waals surface area contributed by atoms with Gasteiger partial charge in [0.15, 0.2) is 0 Å². The summed E-state index contributed by atoms with van der Waals surface area (Å²) in [6.07, 6.45) is 0. The first-order valence-corrected chi connectivity index (χ1v) is 8.69. The summed E-state index contributed by atoms with van der Waals surface area (Å²) in [5.74, 6) is 0.733. The van der Waals surface area contributed by atoms with Crippen molar-refractivity contribution < 1.29 is 9.15 Å². The van der Waals surface area contributed by atoms with Crippen LogP contribution in [-0.4, -0.2) is 7.11 Å². The zero-order chi connectivity index (χ0) is 18.8. The first-order valence-electron chi connectivity index (χ1n) is 8.69. The van der Waals surface area contributed by atoms with Gasteiger partial charge in [0.1, 0.15) is 11.3 Å². The lowest BCUT2D eigenvalue weighted by atomic mass is 10.0. The number of benzene rings is 3. The number of fused-ring (bicyclic) bond motifs is 1. The van der Waals surface area contributed by atoms with Crippen molar-refractivity contribution in [2.45, 2.75) is 6.92 Å². The van der Waals surface area contributed by atoms with E-state index >= 15 is 0 Å². The van der Waals surface area contributed by atoms with E-state index in [0.29, 0.717) is 11.1 Å². The largest absolute Gasteiger partial charge is 0.497 e. The van der Waals surface area contributed by atoms with E-state index < -0.39 is 0 Å². The van der Waals surface area contributed by atoms with E-state index in [4.69, 9.17) is 9.15 Å². The molecule has 0 fully saturated rings. The minimum Gasteiger partial charge on any atom is -0.497 e. The van der Waals surface area contributed by atoms with Crippen molar-refractivity contribution in [3.05, 3.63) is 88.8 Å². The van der Waals surface area contributed by atoms with E-state index in [1.165, 1.54) is 5.56 Å². The molecule has 0 saturated heterocycles.